The molecule has 0 aromatic heterocycles. The molecule has 0 aromatic rings. The molecule has 0 fully saturated rings. The van der Waals surface area contributed by atoms with Gasteiger partial charge in [0.2, 0.25) is 0 Å². The summed E-state index contributed by atoms with van der Waals surface area (Å²) < 4.78 is 27.2. The average Bonchev–Trinajstić information content (AvgIpc) is 2.60. The standard InChI is InChI=1S/C21H44O4S.Na.H/c1-3-4-5-6-7-8-9-10-11-12-13-14-15-16-17-18-19-20-25-26(23,24)21(2)22;;/h21-22H,3-20H2,1-2H3;;. The van der Waals surface area contributed by atoms with Gasteiger partial charge >= 0.3 is 29.6 Å². The number of aliphatic hydroxyl groups excluding tert-OH is 1. The first-order valence-electron chi connectivity index (χ1n) is 11.1. The monoisotopic (exact) mass is 416 g/mol. The van der Waals surface area contributed by atoms with Crippen LogP contribution >= 0.6 is 0 Å². The third-order valence-corrected chi connectivity index (χ3v) is 6.24. The molecular weight excluding hydrogens is 371 g/mol. The van der Waals surface area contributed by atoms with Gasteiger partial charge in [-0.05, 0) is 13.3 Å². The molecule has 1 unspecified atom stereocenters. The average molecular weight is 417 g/mol. The van der Waals surface area contributed by atoms with E-state index in [-0.39, 0.29) is 36.2 Å². The normalized spacial score (nSPS) is 12.7. The Morgan fingerprint density at radius 2 is 0.963 bits per heavy atom. The van der Waals surface area contributed by atoms with E-state index >= 15 is 0 Å². The molecule has 0 saturated heterocycles. The van der Waals surface area contributed by atoms with Crippen LogP contribution in [0.25, 0.3) is 0 Å². The van der Waals surface area contributed by atoms with Crippen molar-refractivity contribution >= 4 is 39.7 Å². The topological polar surface area (TPSA) is 63.6 Å². The fraction of sp³-hybridized carbons (Fsp3) is 1.00. The van der Waals surface area contributed by atoms with E-state index in [4.69, 9.17) is 9.29 Å². The summed E-state index contributed by atoms with van der Waals surface area (Å²) in [4.78, 5) is 0. The Morgan fingerprint density at radius 3 is 1.26 bits per heavy atom. The molecule has 0 amide bonds. The van der Waals surface area contributed by atoms with Gasteiger partial charge in [-0.2, -0.15) is 8.42 Å². The molecule has 0 aliphatic rings. The molecule has 1 N–H and O–H groups in total. The summed E-state index contributed by atoms with van der Waals surface area (Å²) in [6.45, 7) is 3.67. The van der Waals surface area contributed by atoms with Gasteiger partial charge in [-0.25, -0.2) is 0 Å². The molecule has 0 saturated carbocycles. The fourth-order valence-electron chi connectivity index (χ4n) is 3.10. The Bertz CT molecular complexity index is 386. The van der Waals surface area contributed by atoms with E-state index in [1.165, 1.54) is 96.8 Å². The number of unbranched alkanes of at least 4 members (excludes halogenated alkanes) is 16. The van der Waals surface area contributed by atoms with E-state index in [2.05, 4.69) is 6.92 Å². The molecule has 4 nitrogen and oxygen atoms in total. The maximum atomic E-state index is 11.2. The molecule has 160 valence electrons. The van der Waals surface area contributed by atoms with Crippen LogP contribution in [0.4, 0.5) is 0 Å². The van der Waals surface area contributed by atoms with Crippen molar-refractivity contribution in [3.05, 3.63) is 0 Å². The van der Waals surface area contributed by atoms with Crippen LogP contribution in [0.1, 0.15) is 123 Å². The molecule has 0 aromatic carbocycles. The summed E-state index contributed by atoms with van der Waals surface area (Å²) in [5.41, 5.74) is -1.44. The minimum atomic E-state index is -3.76. The Balaban J connectivity index is 0. The third kappa shape index (κ3) is 21.4. The second-order valence-corrected chi connectivity index (χ2v) is 9.47. The first-order chi connectivity index (χ1) is 12.5. The van der Waals surface area contributed by atoms with Crippen LogP contribution in [0.5, 0.6) is 0 Å². The number of hydrogen-bond acceptors (Lipinski definition) is 4. The van der Waals surface area contributed by atoms with Crippen LogP contribution in [0.2, 0.25) is 0 Å². The van der Waals surface area contributed by atoms with Gasteiger partial charge in [-0.15, -0.1) is 0 Å². The second kappa shape index (κ2) is 21.6. The van der Waals surface area contributed by atoms with Crippen molar-refractivity contribution in [3.8, 4) is 0 Å². The predicted molar refractivity (Wildman–Crippen MR) is 118 cm³/mol. The van der Waals surface area contributed by atoms with Gasteiger partial charge < -0.3 is 5.11 Å². The van der Waals surface area contributed by atoms with Crippen molar-refractivity contribution in [1.82, 2.24) is 0 Å². The SMILES string of the molecule is CCCCCCCCCCCCCCCCCCCOS(=O)(=O)C(C)O.[NaH]. The Labute approximate surface area is 191 Å². The molecule has 6 heteroatoms. The summed E-state index contributed by atoms with van der Waals surface area (Å²) in [5, 5.41) is 9.01. The van der Waals surface area contributed by atoms with Gasteiger partial charge in [0.25, 0.3) is 10.1 Å². The fourth-order valence-corrected chi connectivity index (χ4v) is 3.65. The van der Waals surface area contributed by atoms with Crippen LogP contribution in [-0.2, 0) is 14.3 Å². The van der Waals surface area contributed by atoms with Crippen LogP contribution in [0.3, 0.4) is 0 Å². The molecular formula is C21H45NaO4S. The van der Waals surface area contributed by atoms with Crippen LogP contribution in [-0.4, -0.2) is 55.1 Å². The molecule has 27 heavy (non-hydrogen) atoms. The van der Waals surface area contributed by atoms with Gasteiger partial charge in [0.1, 0.15) is 0 Å². The molecule has 0 aliphatic heterocycles. The zero-order valence-electron chi connectivity index (χ0n) is 17.4. The first kappa shape index (κ1) is 30.1. The maximum absolute atomic E-state index is 11.2. The summed E-state index contributed by atoms with van der Waals surface area (Å²) in [5.74, 6) is 0. The third-order valence-electron chi connectivity index (χ3n) is 4.91. The zero-order chi connectivity index (χ0) is 19.5. The zero-order valence-corrected chi connectivity index (χ0v) is 18.2. The molecule has 0 bridgehead atoms. The van der Waals surface area contributed by atoms with E-state index in [9.17, 15) is 8.42 Å². The van der Waals surface area contributed by atoms with Gasteiger partial charge in [0.15, 0.2) is 5.44 Å². The Hall–Kier alpha value is 0.870. The van der Waals surface area contributed by atoms with E-state index in [1.54, 1.807) is 0 Å². The summed E-state index contributed by atoms with van der Waals surface area (Å²) in [7, 11) is -3.76. The molecule has 0 heterocycles. The van der Waals surface area contributed by atoms with E-state index < -0.39 is 15.6 Å². The summed E-state index contributed by atoms with van der Waals surface area (Å²) >= 11 is 0. The first-order valence-corrected chi connectivity index (χ1v) is 12.5. The predicted octanol–water partition coefficient (Wildman–Crippen LogP) is 5.67. The molecule has 1 atom stereocenters. The molecule has 0 rings (SSSR count). The minimum absolute atomic E-state index is 0. The second-order valence-electron chi connectivity index (χ2n) is 7.57. The molecule has 0 spiro atoms. The van der Waals surface area contributed by atoms with Crippen molar-refractivity contribution in [3.63, 3.8) is 0 Å². The van der Waals surface area contributed by atoms with Gasteiger partial charge in [-0.1, -0.05) is 110 Å². The van der Waals surface area contributed by atoms with Crippen molar-refractivity contribution < 1.29 is 17.7 Å². The van der Waals surface area contributed by atoms with E-state index in [1.807, 2.05) is 0 Å². The quantitative estimate of drug-likeness (QED) is 0.158. The van der Waals surface area contributed by atoms with Crippen molar-refractivity contribution in [2.45, 2.75) is 128 Å². The van der Waals surface area contributed by atoms with Gasteiger partial charge in [-0.3, -0.25) is 4.18 Å². The molecule has 0 radical (unpaired) electrons. The Morgan fingerprint density at radius 1 is 0.667 bits per heavy atom. The number of aliphatic hydroxyl groups is 1. The van der Waals surface area contributed by atoms with E-state index in [0.717, 1.165) is 19.3 Å². The summed E-state index contributed by atoms with van der Waals surface area (Å²) in [6, 6.07) is 0. The van der Waals surface area contributed by atoms with Crippen molar-refractivity contribution in [2.24, 2.45) is 0 Å². The van der Waals surface area contributed by atoms with Crippen LogP contribution < -0.4 is 0 Å². The number of rotatable bonds is 20. The van der Waals surface area contributed by atoms with E-state index in [0.29, 0.717) is 0 Å². The van der Waals surface area contributed by atoms with Crippen molar-refractivity contribution in [1.29, 1.82) is 0 Å². The van der Waals surface area contributed by atoms with Crippen LogP contribution in [0, 0.1) is 0 Å². The van der Waals surface area contributed by atoms with Gasteiger partial charge in [0, 0.05) is 0 Å². The van der Waals surface area contributed by atoms with Crippen LogP contribution in [0.15, 0.2) is 0 Å². The van der Waals surface area contributed by atoms with Crippen molar-refractivity contribution in [2.75, 3.05) is 6.61 Å². The molecule has 0 aliphatic carbocycles. The Kier molecular flexibility index (Phi) is 24.0. The summed E-state index contributed by atoms with van der Waals surface area (Å²) in [6.07, 6.45) is 22.1. The van der Waals surface area contributed by atoms with Gasteiger partial charge in [0.05, 0.1) is 6.61 Å². The number of hydrogen-bond donors (Lipinski definition) is 1.